The second-order valence-electron chi connectivity index (χ2n) is 5.10. The summed E-state index contributed by atoms with van der Waals surface area (Å²) >= 11 is 0. The summed E-state index contributed by atoms with van der Waals surface area (Å²) in [6.45, 7) is 8.63. The zero-order valence-electron chi connectivity index (χ0n) is 8.09. The molecule has 3 atom stereocenters. The molecule has 0 amide bonds. The van der Waals surface area contributed by atoms with Gasteiger partial charge in [0.1, 0.15) is 0 Å². The van der Waals surface area contributed by atoms with E-state index in [1.165, 1.54) is 13.0 Å². The van der Waals surface area contributed by atoms with E-state index in [0.29, 0.717) is 5.41 Å². The van der Waals surface area contributed by atoms with Gasteiger partial charge in [-0.05, 0) is 30.7 Å². The molecule has 2 bridgehead atoms. The summed E-state index contributed by atoms with van der Waals surface area (Å²) in [5.41, 5.74) is 0.591. The van der Waals surface area contributed by atoms with Crippen molar-refractivity contribution in [3.05, 3.63) is 0 Å². The van der Waals surface area contributed by atoms with Crippen molar-refractivity contribution in [2.45, 2.75) is 33.2 Å². The van der Waals surface area contributed by atoms with Gasteiger partial charge >= 0.3 is 0 Å². The van der Waals surface area contributed by atoms with Crippen molar-refractivity contribution in [2.75, 3.05) is 13.6 Å². The summed E-state index contributed by atoms with van der Waals surface area (Å²) < 4.78 is 0. The number of hydrogen-bond acceptors (Lipinski definition) is 1. The first-order valence-corrected chi connectivity index (χ1v) is 4.73. The van der Waals surface area contributed by atoms with Gasteiger partial charge in [0.2, 0.25) is 0 Å². The van der Waals surface area contributed by atoms with E-state index in [9.17, 15) is 0 Å². The van der Waals surface area contributed by atoms with Crippen LogP contribution in [0.4, 0.5) is 0 Å². The largest absolute Gasteiger partial charge is 0.303 e. The lowest BCUT2D eigenvalue weighted by atomic mass is 9.81. The third-order valence-corrected chi connectivity index (χ3v) is 4.11. The molecule has 1 heterocycles. The fourth-order valence-electron chi connectivity index (χ4n) is 3.40. The molecule has 1 aliphatic heterocycles. The van der Waals surface area contributed by atoms with Crippen molar-refractivity contribution in [1.29, 1.82) is 0 Å². The Morgan fingerprint density at radius 2 is 2.00 bits per heavy atom. The highest BCUT2D eigenvalue weighted by molar-refractivity contribution is 5.06. The molecule has 64 valence electrons. The van der Waals surface area contributed by atoms with Crippen LogP contribution in [0, 0.1) is 17.3 Å². The molecule has 1 aliphatic carbocycles. The van der Waals surface area contributed by atoms with Gasteiger partial charge in [-0.2, -0.15) is 0 Å². The average molecular weight is 153 g/mol. The molecule has 0 radical (unpaired) electrons. The molecule has 2 fully saturated rings. The Bertz CT molecular complexity index is 156. The van der Waals surface area contributed by atoms with Crippen LogP contribution in [0.25, 0.3) is 0 Å². The van der Waals surface area contributed by atoms with Gasteiger partial charge in [-0.1, -0.05) is 20.8 Å². The van der Waals surface area contributed by atoms with E-state index < -0.39 is 0 Å². The quantitative estimate of drug-likeness (QED) is 0.514. The molecule has 0 N–H and O–H groups in total. The molecule has 11 heavy (non-hydrogen) atoms. The Morgan fingerprint density at radius 1 is 1.36 bits per heavy atom. The van der Waals surface area contributed by atoms with Crippen molar-refractivity contribution >= 4 is 0 Å². The maximum Gasteiger partial charge on any atom is 0.0149 e. The molecule has 2 unspecified atom stereocenters. The number of likely N-dealkylation sites (tertiary alicyclic amines) is 1. The van der Waals surface area contributed by atoms with Gasteiger partial charge in [0.05, 0.1) is 0 Å². The number of hydrogen-bond donors (Lipinski definition) is 0. The zero-order valence-corrected chi connectivity index (χ0v) is 8.09. The van der Waals surface area contributed by atoms with Gasteiger partial charge in [0, 0.05) is 12.6 Å². The smallest absolute Gasteiger partial charge is 0.0149 e. The van der Waals surface area contributed by atoms with Gasteiger partial charge in [0.15, 0.2) is 0 Å². The van der Waals surface area contributed by atoms with Crippen LogP contribution in [0.3, 0.4) is 0 Å². The average Bonchev–Trinajstić information content (AvgIpc) is 2.21. The van der Waals surface area contributed by atoms with Crippen molar-refractivity contribution in [3.63, 3.8) is 0 Å². The lowest BCUT2D eigenvalue weighted by Gasteiger charge is -2.26. The predicted molar refractivity (Wildman–Crippen MR) is 47.5 cm³/mol. The first kappa shape index (κ1) is 7.60. The van der Waals surface area contributed by atoms with Gasteiger partial charge in [0.25, 0.3) is 0 Å². The lowest BCUT2D eigenvalue weighted by Crippen LogP contribution is -2.32. The molecule has 0 aromatic rings. The van der Waals surface area contributed by atoms with Gasteiger partial charge < -0.3 is 4.90 Å². The third-order valence-electron chi connectivity index (χ3n) is 4.11. The monoisotopic (exact) mass is 153 g/mol. The summed E-state index contributed by atoms with van der Waals surface area (Å²) in [4.78, 5) is 2.55. The van der Waals surface area contributed by atoms with E-state index in [2.05, 4.69) is 32.7 Å². The van der Waals surface area contributed by atoms with Crippen LogP contribution in [-0.4, -0.2) is 24.5 Å². The van der Waals surface area contributed by atoms with Gasteiger partial charge in [-0.3, -0.25) is 0 Å². The molecule has 1 saturated carbocycles. The second kappa shape index (κ2) is 2.01. The molecule has 2 rings (SSSR count). The number of fused-ring (bicyclic) bond motifs is 2. The Balaban J connectivity index is 2.28. The van der Waals surface area contributed by atoms with Gasteiger partial charge in [-0.25, -0.2) is 0 Å². The van der Waals surface area contributed by atoms with E-state index in [0.717, 1.165) is 17.9 Å². The maximum absolute atomic E-state index is 2.55. The first-order chi connectivity index (χ1) is 5.03. The highest BCUT2D eigenvalue weighted by atomic mass is 15.2. The van der Waals surface area contributed by atoms with Crippen LogP contribution >= 0.6 is 0 Å². The molecule has 2 aliphatic rings. The standard InChI is InChI=1S/C10H19N/c1-7-5-9-10(2,3)8(7)6-11(9)4/h7-9H,5-6H2,1-4H3/t7?,8-,9?/m1/s1. The molecular weight excluding hydrogens is 134 g/mol. The first-order valence-electron chi connectivity index (χ1n) is 4.73. The summed E-state index contributed by atoms with van der Waals surface area (Å²) in [6.07, 6.45) is 1.42. The SMILES string of the molecule is CC1CC2N(C)C[C@H]1C2(C)C. The number of piperidine rings is 1. The van der Waals surface area contributed by atoms with Crippen molar-refractivity contribution in [3.8, 4) is 0 Å². The van der Waals surface area contributed by atoms with Crippen molar-refractivity contribution in [2.24, 2.45) is 17.3 Å². The normalized spacial score (nSPS) is 48.5. The third kappa shape index (κ3) is 0.807. The Morgan fingerprint density at radius 3 is 2.27 bits per heavy atom. The van der Waals surface area contributed by atoms with Crippen LogP contribution in [0.5, 0.6) is 0 Å². The summed E-state index contributed by atoms with van der Waals surface area (Å²) in [5.74, 6) is 1.92. The Labute approximate surface area is 69.8 Å². The van der Waals surface area contributed by atoms with Crippen molar-refractivity contribution < 1.29 is 0 Å². The van der Waals surface area contributed by atoms with Crippen LogP contribution < -0.4 is 0 Å². The highest BCUT2D eigenvalue weighted by Crippen LogP contribution is 2.53. The van der Waals surface area contributed by atoms with E-state index >= 15 is 0 Å². The fourth-order valence-corrected chi connectivity index (χ4v) is 3.40. The van der Waals surface area contributed by atoms with Crippen LogP contribution in [-0.2, 0) is 0 Å². The van der Waals surface area contributed by atoms with E-state index in [-0.39, 0.29) is 0 Å². The topological polar surface area (TPSA) is 3.24 Å². The molecular formula is C10H19N. The molecule has 1 saturated heterocycles. The molecule has 1 nitrogen and oxygen atoms in total. The van der Waals surface area contributed by atoms with Crippen molar-refractivity contribution in [1.82, 2.24) is 4.90 Å². The predicted octanol–water partition coefficient (Wildman–Crippen LogP) is 1.98. The molecule has 0 aromatic heterocycles. The summed E-state index contributed by atoms with van der Waals surface area (Å²) in [5, 5.41) is 0. The zero-order chi connectivity index (χ0) is 8.22. The lowest BCUT2D eigenvalue weighted by molar-refractivity contribution is 0.212. The summed E-state index contributed by atoms with van der Waals surface area (Å²) in [6, 6.07) is 0.863. The minimum absolute atomic E-state index is 0.591. The number of rotatable bonds is 0. The molecule has 1 heteroatoms. The van der Waals surface area contributed by atoms with Gasteiger partial charge in [-0.15, -0.1) is 0 Å². The highest BCUT2D eigenvalue weighted by Gasteiger charge is 2.54. The van der Waals surface area contributed by atoms with E-state index in [4.69, 9.17) is 0 Å². The van der Waals surface area contributed by atoms with Crippen LogP contribution in [0.15, 0.2) is 0 Å². The molecule has 0 aromatic carbocycles. The minimum Gasteiger partial charge on any atom is -0.303 e. The Kier molecular flexibility index (Phi) is 1.39. The van der Waals surface area contributed by atoms with E-state index in [1.807, 2.05) is 0 Å². The van der Waals surface area contributed by atoms with E-state index in [1.54, 1.807) is 0 Å². The Hall–Kier alpha value is -0.0400. The molecule has 0 spiro atoms. The number of nitrogens with zero attached hydrogens (tertiary/aromatic N) is 1. The van der Waals surface area contributed by atoms with Crippen LogP contribution in [0.2, 0.25) is 0 Å². The fraction of sp³-hybridized carbons (Fsp3) is 1.00. The minimum atomic E-state index is 0.591. The second-order valence-corrected chi connectivity index (χ2v) is 5.10. The summed E-state index contributed by atoms with van der Waals surface area (Å²) in [7, 11) is 2.28. The van der Waals surface area contributed by atoms with Crippen LogP contribution in [0.1, 0.15) is 27.2 Å². The maximum atomic E-state index is 2.55.